The summed E-state index contributed by atoms with van der Waals surface area (Å²) in [6, 6.07) is 13.7. The van der Waals surface area contributed by atoms with Crippen LogP contribution in [0.15, 0.2) is 70.2 Å². The molecule has 0 saturated carbocycles. The Kier molecular flexibility index (Phi) is 5.86. The summed E-state index contributed by atoms with van der Waals surface area (Å²) >= 11 is 11.9. The van der Waals surface area contributed by atoms with E-state index in [0.29, 0.717) is 16.5 Å². The third-order valence-electron chi connectivity index (χ3n) is 3.61. The number of anilines is 1. The van der Waals surface area contributed by atoms with Gasteiger partial charge in [0.25, 0.3) is 5.91 Å². The lowest BCUT2D eigenvalue weighted by molar-refractivity contribution is 0.102. The van der Waals surface area contributed by atoms with Gasteiger partial charge in [-0.2, -0.15) is 0 Å². The second-order valence-electron chi connectivity index (χ2n) is 5.51. The molecule has 1 heterocycles. The number of carbonyl (C=O) groups excluding carboxylic acids is 1. The molecule has 0 saturated heterocycles. The normalized spacial score (nSPS) is 11.3. The summed E-state index contributed by atoms with van der Waals surface area (Å²) in [7, 11) is -3.85. The van der Waals surface area contributed by atoms with E-state index >= 15 is 0 Å². The SMILES string of the molecule is O=C(Nc1ccc(Cl)cc1)c1cc(S(=O)(=O)NCc2ccco2)ccc1Cl. The molecule has 0 spiro atoms. The summed E-state index contributed by atoms with van der Waals surface area (Å²) in [5.74, 6) is -0.0707. The summed E-state index contributed by atoms with van der Waals surface area (Å²) in [5, 5.41) is 3.31. The molecule has 1 aromatic heterocycles. The molecule has 0 unspecified atom stereocenters. The van der Waals surface area contributed by atoms with Gasteiger partial charge in [0.05, 0.1) is 28.3 Å². The number of carbonyl (C=O) groups is 1. The van der Waals surface area contributed by atoms with Crippen LogP contribution in [0, 0.1) is 0 Å². The van der Waals surface area contributed by atoms with Crippen LogP contribution in [0.5, 0.6) is 0 Å². The van der Waals surface area contributed by atoms with Gasteiger partial charge in [-0.25, -0.2) is 13.1 Å². The quantitative estimate of drug-likeness (QED) is 0.616. The standard InChI is InChI=1S/C18H14Cl2N2O4S/c19-12-3-5-13(6-4-12)22-18(23)16-10-15(7-8-17(16)20)27(24,25)21-11-14-2-1-9-26-14/h1-10,21H,11H2,(H,22,23). The molecule has 3 aromatic rings. The first-order valence-corrected chi connectivity index (χ1v) is 9.97. The third kappa shape index (κ3) is 4.90. The molecule has 0 atom stereocenters. The second kappa shape index (κ2) is 8.14. The average Bonchev–Trinajstić information content (AvgIpc) is 3.16. The monoisotopic (exact) mass is 424 g/mol. The predicted octanol–water partition coefficient (Wildman–Crippen LogP) is 4.32. The minimum atomic E-state index is -3.85. The van der Waals surface area contributed by atoms with E-state index in [1.165, 1.54) is 24.5 Å². The maximum absolute atomic E-state index is 12.5. The summed E-state index contributed by atoms with van der Waals surface area (Å²) in [5.41, 5.74) is 0.539. The van der Waals surface area contributed by atoms with E-state index < -0.39 is 15.9 Å². The van der Waals surface area contributed by atoms with Gasteiger partial charge in [-0.15, -0.1) is 0 Å². The minimum Gasteiger partial charge on any atom is -0.468 e. The van der Waals surface area contributed by atoms with Gasteiger partial charge >= 0.3 is 0 Å². The Hall–Kier alpha value is -2.32. The van der Waals surface area contributed by atoms with Crippen molar-refractivity contribution in [1.82, 2.24) is 4.72 Å². The first-order chi connectivity index (χ1) is 12.8. The van der Waals surface area contributed by atoms with E-state index in [1.807, 2.05) is 0 Å². The number of hydrogen-bond acceptors (Lipinski definition) is 4. The van der Waals surface area contributed by atoms with Gasteiger partial charge < -0.3 is 9.73 Å². The van der Waals surface area contributed by atoms with Crippen LogP contribution >= 0.6 is 23.2 Å². The van der Waals surface area contributed by atoms with E-state index in [1.54, 1.807) is 36.4 Å². The fraction of sp³-hybridized carbons (Fsp3) is 0.0556. The number of rotatable bonds is 6. The number of hydrogen-bond donors (Lipinski definition) is 2. The van der Waals surface area contributed by atoms with Gasteiger partial charge in [0.15, 0.2) is 0 Å². The largest absolute Gasteiger partial charge is 0.468 e. The molecule has 0 aliphatic rings. The van der Waals surface area contributed by atoms with E-state index in [4.69, 9.17) is 27.6 Å². The van der Waals surface area contributed by atoms with Crippen LogP contribution in [0.1, 0.15) is 16.1 Å². The van der Waals surface area contributed by atoms with Crippen molar-refractivity contribution in [2.75, 3.05) is 5.32 Å². The van der Waals surface area contributed by atoms with E-state index in [0.717, 1.165) is 0 Å². The Balaban J connectivity index is 1.80. The van der Waals surface area contributed by atoms with Crippen LogP contribution in [0.3, 0.4) is 0 Å². The van der Waals surface area contributed by atoms with Crippen LogP contribution in [0.2, 0.25) is 10.0 Å². The highest BCUT2D eigenvalue weighted by Crippen LogP contribution is 2.22. The summed E-state index contributed by atoms with van der Waals surface area (Å²) in [6.45, 7) is -0.00966. The zero-order chi connectivity index (χ0) is 19.4. The third-order valence-corrected chi connectivity index (χ3v) is 5.59. The molecular formula is C18H14Cl2N2O4S. The Bertz CT molecular complexity index is 1050. The van der Waals surface area contributed by atoms with Gasteiger partial charge in [0.2, 0.25) is 10.0 Å². The molecule has 0 bridgehead atoms. The Morgan fingerprint density at radius 3 is 2.44 bits per heavy atom. The number of furan rings is 1. The minimum absolute atomic E-state index is 0.00966. The molecule has 2 aromatic carbocycles. The molecule has 0 aliphatic carbocycles. The molecule has 3 rings (SSSR count). The number of halogens is 2. The van der Waals surface area contributed by atoms with Crippen LogP contribution < -0.4 is 10.0 Å². The number of benzene rings is 2. The second-order valence-corrected chi connectivity index (χ2v) is 8.12. The molecule has 140 valence electrons. The lowest BCUT2D eigenvalue weighted by Crippen LogP contribution is -2.23. The smallest absolute Gasteiger partial charge is 0.257 e. The zero-order valence-electron chi connectivity index (χ0n) is 13.8. The Labute approximate surface area is 166 Å². The van der Waals surface area contributed by atoms with Crippen molar-refractivity contribution in [1.29, 1.82) is 0 Å². The zero-order valence-corrected chi connectivity index (χ0v) is 16.1. The predicted molar refractivity (Wildman–Crippen MR) is 104 cm³/mol. The van der Waals surface area contributed by atoms with Crippen molar-refractivity contribution >= 4 is 44.8 Å². The number of nitrogens with one attached hydrogen (secondary N) is 2. The maximum Gasteiger partial charge on any atom is 0.257 e. The van der Waals surface area contributed by atoms with Gasteiger partial charge in [-0.05, 0) is 54.6 Å². The van der Waals surface area contributed by atoms with Crippen LogP contribution in [-0.2, 0) is 16.6 Å². The summed E-state index contributed by atoms with van der Waals surface area (Å²) < 4.78 is 32.4. The van der Waals surface area contributed by atoms with E-state index in [2.05, 4.69) is 10.0 Å². The molecule has 6 nitrogen and oxygen atoms in total. The molecule has 0 radical (unpaired) electrons. The molecule has 9 heteroatoms. The Morgan fingerprint density at radius 1 is 1.04 bits per heavy atom. The maximum atomic E-state index is 12.5. The number of amides is 1. The van der Waals surface area contributed by atoms with Crippen molar-refractivity contribution < 1.29 is 17.6 Å². The van der Waals surface area contributed by atoms with Crippen molar-refractivity contribution in [3.8, 4) is 0 Å². The molecule has 0 fully saturated rings. The lowest BCUT2D eigenvalue weighted by atomic mass is 10.2. The Morgan fingerprint density at radius 2 is 1.78 bits per heavy atom. The van der Waals surface area contributed by atoms with Gasteiger partial charge in [0, 0.05) is 10.7 Å². The van der Waals surface area contributed by atoms with E-state index in [-0.39, 0.29) is 22.0 Å². The molecule has 2 N–H and O–H groups in total. The van der Waals surface area contributed by atoms with Crippen molar-refractivity contribution in [2.24, 2.45) is 0 Å². The van der Waals surface area contributed by atoms with Crippen LogP contribution in [-0.4, -0.2) is 14.3 Å². The summed E-state index contributed by atoms with van der Waals surface area (Å²) in [4.78, 5) is 12.4. The fourth-order valence-corrected chi connectivity index (χ4v) is 3.59. The molecule has 1 amide bonds. The summed E-state index contributed by atoms with van der Waals surface area (Å²) in [6.07, 6.45) is 1.45. The van der Waals surface area contributed by atoms with Gasteiger partial charge in [-0.1, -0.05) is 23.2 Å². The molecule has 27 heavy (non-hydrogen) atoms. The molecular weight excluding hydrogens is 411 g/mol. The van der Waals surface area contributed by atoms with Crippen molar-refractivity contribution in [3.05, 3.63) is 82.2 Å². The molecule has 0 aliphatic heterocycles. The van der Waals surface area contributed by atoms with Gasteiger partial charge in [-0.3, -0.25) is 4.79 Å². The lowest BCUT2D eigenvalue weighted by Gasteiger charge is -2.10. The van der Waals surface area contributed by atoms with Crippen LogP contribution in [0.4, 0.5) is 5.69 Å². The van der Waals surface area contributed by atoms with Crippen molar-refractivity contribution in [2.45, 2.75) is 11.4 Å². The van der Waals surface area contributed by atoms with Crippen LogP contribution in [0.25, 0.3) is 0 Å². The first kappa shape index (κ1) is 19.4. The van der Waals surface area contributed by atoms with Crippen molar-refractivity contribution in [3.63, 3.8) is 0 Å². The topological polar surface area (TPSA) is 88.4 Å². The highest BCUT2D eigenvalue weighted by atomic mass is 35.5. The first-order valence-electron chi connectivity index (χ1n) is 7.74. The average molecular weight is 425 g/mol. The van der Waals surface area contributed by atoms with Gasteiger partial charge in [0.1, 0.15) is 5.76 Å². The van der Waals surface area contributed by atoms with E-state index in [9.17, 15) is 13.2 Å². The highest BCUT2D eigenvalue weighted by Gasteiger charge is 2.19. The number of sulfonamides is 1. The highest BCUT2D eigenvalue weighted by molar-refractivity contribution is 7.89. The fourth-order valence-electron chi connectivity index (χ4n) is 2.24.